The van der Waals surface area contributed by atoms with Crippen molar-refractivity contribution in [3.05, 3.63) is 5.82 Å². The number of hydrogen-bond donors (Lipinski definition) is 0. The van der Waals surface area contributed by atoms with Crippen LogP contribution in [-0.4, -0.2) is 20.2 Å². The Balaban J connectivity index is 3.05. The first kappa shape index (κ1) is 7.18. The summed E-state index contributed by atoms with van der Waals surface area (Å²) in [5, 5.41) is 11.2. The standard InChI is InChI=1S/C6H12N4/c1-5-7-8-9-10(5)6(2,3)4/h1-4H3. The minimum Gasteiger partial charge on any atom is -0.225 e. The predicted octanol–water partition coefficient (Wildman–Crippen LogP) is 0.737. The molecule has 0 saturated heterocycles. The quantitative estimate of drug-likeness (QED) is 0.533. The summed E-state index contributed by atoms with van der Waals surface area (Å²) in [6.45, 7) is 8.09. The van der Waals surface area contributed by atoms with Crippen LogP contribution in [0.3, 0.4) is 0 Å². The van der Waals surface area contributed by atoms with Crippen LogP contribution in [0.25, 0.3) is 0 Å². The molecule has 10 heavy (non-hydrogen) atoms. The van der Waals surface area contributed by atoms with Crippen LogP contribution in [0.5, 0.6) is 0 Å². The monoisotopic (exact) mass is 140 g/mol. The lowest BCUT2D eigenvalue weighted by molar-refractivity contribution is 0.339. The molecule has 0 unspecified atom stereocenters. The van der Waals surface area contributed by atoms with E-state index < -0.39 is 0 Å². The van der Waals surface area contributed by atoms with Gasteiger partial charge in [-0.15, -0.1) is 5.10 Å². The molecule has 0 amide bonds. The van der Waals surface area contributed by atoms with Crippen LogP contribution in [0.2, 0.25) is 0 Å². The molecule has 0 fully saturated rings. The van der Waals surface area contributed by atoms with Crippen molar-refractivity contribution >= 4 is 0 Å². The number of nitrogens with zero attached hydrogens (tertiary/aromatic N) is 4. The van der Waals surface area contributed by atoms with Gasteiger partial charge in [0.1, 0.15) is 5.82 Å². The summed E-state index contributed by atoms with van der Waals surface area (Å²) in [5.74, 6) is 0.854. The fraction of sp³-hybridized carbons (Fsp3) is 0.833. The van der Waals surface area contributed by atoms with Gasteiger partial charge in [-0.2, -0.15) is 0 Å². The van der Waals surface area contributed by atoms with Gasteiger partial charge in [-0.1, -0.05) is 0 Å². The number of hydrogen-bond acceptors (Lipinski definition) is 3. The summed E-state index contributed by atoms with van der Waals surface area (Å²) in [5.41, 5.74) is -0.00637. The smallest absolute Gasteiger partial charge is 0.148 e. The summed E-state index contributed by atoms with van der Waals surface area (Å²) < 4.78 is 1.80. The summed E-state index contributed by atoms with van der Waals surface area (Å²) in [7, 11) is 0. The van der Waals surface area contributed by atoms with Crippen molar-refractivity contribution in [2.45, 2.75) is 33.2 Å². The second-order valence-electron chi connectivity index (χ2n) is 3.31. The molecule has 0 spiro atoms. The third-order valence-electron chi connectivity index (χ3n) is 1.26. The highest BCUT2D eigenvalue weighted by atomic mass is 15.6. The van der Waals surface area contributed by atoms with Crippen molar-refractivity contribution in [3.63, 3.8) is 0 Å². The van der Waals surface area contributed by atoms with E-state index in [1.54, 1.807) is 4.68 Å². The highest BCUT2D eigenvalue weighted by molar-refractivity contribution is 4.81. The molecule has 4 nitrogen and oxygen atoms in total. The maximum absolute atomic E-state index is 3.84. The minimum atomic E-state index is -0.00637. The molecular weight excluding hydrogens is 128 g/mol. The summed E-state index contributed by atoms with van der Waals surface area (Å²) in [4.78, 5) is 0. The molecule has 0 aliphatic carbocycles. The summed E-state index contributed by atoms with van der Waals surface area (Å²) in [6, 6.07) is 0. The first-order valence-electron chi connectivity index (χ1n) is 3.27. The van der Waals surface area contributed by atoms with Crippen molar-refractivity contribution in [2.24, 2.45) is 0 Å². The predicted molar refractivity (Wildman–Crippen MR) is 37.6 cm³/mol. The van der Waals surface area contributed by atoms with E-state index >= 15 is 0 Å². The Morgan fingerprint density at radius 2 is 1.90 bits per heavy atom. The second kappa shape index (κ2) is 2.04. The lowest BCUT2D eigenvalue weighted by Gasteiger charge is -2.18. The number of rotatable bonds is 0. The molecule has 1 heterocycles. The normalized spacial score (nSPS) is 12.0. The molecule has 0 radical (unpaired) electrons. The Labute approximate surface area is 60.2 Å². The molecule has 0 N–H and O–H groups in total. The molecule has 4 heteroatoms. The van der Waals surface area contributed by atoms with Crippen LogP contribution in [0.4, 0.5) is 0 Å². The summed E-state index contributed by atoms with van der Waals surface area (Å²) in [6.07, 6.45) is 0. The van der Waals surface area contributed by atoms with Gasteiger partial charge in [-0.25, -0.2) is 4.68 Å². The van der Waals surface area contributed by atoms with Gasteiger partial charge in [0.25, 0.3) is 0 Å². The molecule has 0 aromatic carbocycles. The van der Waals surface area contributed by atoms with Gasteiger partial charge in [-0.05, 0) is 38.1 Å². The Morgan fingerprint density at radius 1 is 1.30 bits per heavy atom. The van der Waals surface area contributed by atoms with Gasteiger partial charge in [0.2, 0.25) is 0 Å². The SMILES string of the molecule is Cc1nnnn1C(C)(C)C. The van der Waals surface area contributed by atoms with Gasteiger partial charge >= 0.3 is 0 Å². The van der Waals surface area contributed by atoms with Crippen LogP contribution in [-0.2, 0) is 5.54 Å². The number of aromatic nitrogens is 4. The average molecular weight is 140 g/mol. The van der Waals surface area contributed by atoms with E-state index in [2.05, 4.69) is 36.3 Å². The third kappa shape index (κ3) is 1.15. The van der Waals surface area contributed by atoms with Gasteiger partial charge in [0, 0.05) is 0 Å². The van der Waals surface area contributed by atoms with Crippen molar-refractivity contribution in [2.75, 3.05) is 0 Å². The van der Waals surface area contributed by atoms with Crippen molar-refractivity contribution in [1.82, 2.24) is 20.2 Å². The van der Waals surface area contributed by atoms with E-state index in [0.717, 1.165) is 5.82 Å². The largest absolute Gasteiger partial charge is 0.225 e. The van der Waals surface area contributed by atoms with Crippen LogP contribution < -0.4 is 0 Å². The minimum absolute atomic E-state index is 0.00637. The number of aryl methyl sites for hydroxylation is 1. The average Bonchev–Trinajstić information content (AvgIpc) is 2.11. The van der Waals surface area contributed by atoms with Gasteiger partial charge in [0.15, 0.2) is 0 Å². The van der Waals surface area contributed by atoms with Gasteiger partial charge in [-0.3, -0.25) is 0 Å². The molecular formula is C6H12N4. The molecule has 0 aliphatic heterocycles. The van der Waals surface area contributed by atoms with Crippen molar-refractivity contribution in [3.8, 4) is 0 Å². The topological polar surface area (TPSA) is 43.6 Å². The first-order chi connectivity index (χ1) is 4.52. The zero-order valence-corrected chi connectivity index (χ0v) is 6.79. The number of tetrazole rings is 1. The molecule has 0 atom stereocenters. The van der Waals surface area contributed by atoms with E-state index in [4.69, 9.17) is 0 Å². The maximum Gasteiger partial charge on any atom is 0.148 e. The Morgan fingerprint density at radius 3 is 2.10 bits per heavy atom. The first-order valence-corrected chi connectivity index (χ1v) is 3.27. The fourth-order valence-corrected chi connectivity index (χ4v) is 0.851. The van der Waals surface area contributed by atoms with E-state index in [-0.39, 0.29) is 5.54 Å². The van der Waals surface area contributed by atoms with E-state index in [1.165, 1.54) is 0 Å². The Kier molecular flexibility index (Phi) is 1.46. The van der Waals surface area contributed by atoms with E-state index in [9.17, 15) is 0 Å². The Hall–Kier alpha value is -0.930. The van der Waals surface area contributed by atoms with Crippen LogP contribution in [0.15, 0.2) is 0 Å². The third-order valence-corrected chi connectivity index (χ3v) is 1.26. The van der Waals surface area contributed by atoms with Crippen molar-refractivity contribution in [1.29, 1.82) is 0 Å². The maximum atomic E-state index is 3.84. The fourth-order valence-electron chi connectivity index (χ4n) is 0.851. The molecule has 0 saturated carbocycles. The molecule has 1 aromatic rings. The highest BCUT2D eigenvalue weighted by Gasteiger charge is 2.16. The molecule has 0 bridgehead atoms. The zero-order chi connectivity index (χ0) is 7.78. The Bertz CT molecular complexity index is 220. The van der Waals surface area contributed by atoms with Gasteiger partial charge < -0.3 is 0 Å². The van der Waals surface area contributed by atoms with Crippen LogP contribution in [0.1, 0.15) is 26.6 Å². The highest BCUT2D eigenvalue weighted by Crippen LogP contribution is 2.11. The second-order valence-corrected chi connectivity index (χ2v) is 3.31. The van der Waals surface area contributed by atoms with E-state index in [0.29, 0.717) is 0 Å². The molecule has 56 valence electrons. The zero-order valence-electron chi connectivity index (χ0n) is 6.79. The van der Waals surface area contributed by atoms with Crippen molar-refractivity contribution < 1.29 is 0 Å². The molecule has 1 rings (SSSR count). The molecule has 0 aliphatic rings. The van der Waals surface area contributed by atoms with Gasteiger partial charge in [0.05, 0.1) is 5.54 Å². The van der Waals surface area contributed by atoms with Crippen LogP contribution >= 0.6 is 0 Å². The lowest BCUT2D eigenvalue weighted by Crippen LogP contribution is -2.24. The van der Waals surface area contributed by atoms with E-state index in [1.807, 2.05) is 6.92 Å². The summed E-state index contributed by atoms with van der Waals surface area (Å²) >= 11 is 0. The lowest BCUT2D eigenvalue weighted by atomic mass is 10.1. The molecule has 1 aromatic heterocycles. The van der Waals surface area contributed by atoms with Crippen LogP contribution in [0, 0.1) is 6.92 Å².